The minimum absolute atomic E-state index is 0.316. The van der Waals surface area contributed by atoms with Gasteiger partial charge in [0.1, 0.15) is 11.4 Å². The summed E-state index contributed by atoms with van der Waals surface area (Å²) in [5, 5.41) is 11.1. The zero-order chi connectivity index (χ0) is 14.8. The first-order valence-corrected chi connectivity index (χ1v) is 5.63. The smallest absolute Gasteiger partial charge is 0.412 e. The number of carbonyl (C=O) groups is 2. The molecule has 1 amide bonds. The Balaban J connectivity index is 3.07. The molecule has 0 unspecified atom stereocenters. The summed E-state index contributed by atoms with van der Waals surface area (Å²) >= 11 is 0. The number of ether oxygens (including phenoxy) is 1. The maximum Gasteiger partial charge on any atom is 0.412 e. The van der Waals surface area contributed by atoms with Gasteiger partial charge in [-0.3, -0.25) is 5.32 Å². The third-order valence-electron chi connectivity index (χ3n) is 2.09. The normalized spacial score (nSPS) is 11.0. The standard InChI is InChI=1S/C13H16FNO4/c1-7-5-8(11(16)17)10(9(14)6-7)15-12(18)19-13(2,3)4/h5-6H,1-4H3,(H,15,18)(H,16,17). The summed E-state index contributed by atoms with van der Waals surface area (Å²) < 4.78 is 18.7. The number of nitrogens with one attached hydrogen (secondary N) is 1. The fourth-order valence-corrected chi connectivity index (χ4v) is 1.44. The minimum atomic E-state index is -1.33. The van der Waals surface area contributed by atoms with Crippen LogP contribution in [0.2, 0.25) is 0 Å². The molecule has 0 fully saturated rings. The van der Waals surface area contributed by atoms with E-state index in [1.807, 2.05) is 0 Å². The molecule has 2 N–H and O–H groups in total. The average Bonchev–Trinajstić information content (AvgIpc) is 2.18. The van der Waals surface area contributed by atoms with Crippen LogP contribution in [0.25, 0.3) is 0 Å². The van der Waals surface area contributed by atoms with Gasteiger partial charge in [-0.25, -0.2) is 14.0 Å². The predicted octanol–water partition coefficient (Wildman–Crippen LogP) is 3.18. The van der Waals surface area contributed by atoms with E-state index in [0.717, 1.165) is 6.07 Å². The van der Waals surface area contributed by atoms with Gasteiger partial charge in [-0.1, -0.05) is 0 Å². The number of hydrogen-bond acceptors (Lipinski definition) is 3. The van der Waals surface area contributed by atoms with Crippen LogP contribution in [0.4, 0.5) is 14.9 Å². The van der Waals surface area contributed by atoms with Crippen LogP contribution in [-0.4, -0.2) is 22.8 Å². The molecule has 104 valence electrons. The fourth-order valence-electron chi connectivity index (χ4n) is 1.44. The van der Waals surface area contributed by atoms with E-state index in [2.05, 4.69) is 5.32 Å². The monoisotopic (exact) mass is 269 g/mol. The van der Waals surface area contributed by atoms with Crippen LogP contribution < -0.4 is 5.32 Å². The first-order chi connectivity index (χ1) is 8.60. The Labute approximate surface area is 110 Å². The van der Waals surface area contributed by atoms with E-state index in [-0.39, 0.29) is 5.56 Å². The summed E-state index contributed by atoms with van der Waals surface area (Å²) in [5.74, 6) is -2.14. The predicted molar refractivity (Wildman–Crippen MR) is 68.0 cm³/mol. The van der Waals surface area contributed by atoms with Crippen LogP contribution in [0.1, 0.15) is 36.7 Å². The Kier molecular flexibility index (Phi) is 4.14. The topological polar surface area (TPSA) is 75.6 Å². The van der Waals surface area contributed by atoms with Crippen molar-refractivity contribution in [3.8, 4) is 0 Å². The van der Waals surface area contributed by atoms with Gasteiger partial charge >= 0.3 is 12.1 Å². The second-order valence-corrected chi connectivity index (χ2v) is 5.10. The molecule has 6 heteroatoms. The first kappa shape index (κ1) is 14.9. The van der Waals surface area contributed by atoms with Crippen molar-refractivity contribution in [3.05, 3.63) is 29.1 Å². The number of hydrogen-bond donors (Lipinski definition) is 2. The molecule has 1 aromatic rings. The Morgan fingerprint density at radius 1 is 1.32 bits per heavy atom. The lowest BCUT2D eigenvalue weighted by Gasteiger charge is -2.20. The number of anilines is 1. The van der Waals surface area contributed by atoms with E-state index in [1.54, 1.807) is 27.7 Å². The largest absolute Gasteiger partial charge is 0.478 e. The van der Waals surface area contributed by atoms with Crippen molar-refractivity contribution in [2.24, 2.45) is 0 Å². The molecule has 1 aromatic carbocycles. The SMILES string of the molecule is Cc1cc(F)c(NC(=O)OC(C)(C)C)c(C(=O)O)c1. The number of benzene rings is 1. The van der Waals surface area contributed by atoms with Gasteiger partial charge in [0.05, 0.1) is 11.3 Å². The van der Waals surface area contributed by atoms with Crippen molar-refractivity contribution in [3.63, 3.8) is 0 Å². The number of carbonyl (C=O) groups excluding carboxylic acids is 1. The van der Waals surface area contributed by atoms with Gasteiger partial charge in [-0.2, -0.15) is 0 Å². The molecule has 0 aliphatic heterocycles. The highest BCUT2D eigenvalue weighted by Gasteiger charge is 2.21. The minimum Gasteiger partial charge on any atom is -0.478 e. The molecule has 0 radical (unpaired) electrons. The average molecular weight is 269 g/mol. The molecule has 0 heterocycles. The number of aromatic carboxylic acids is 1. The Bertz CT molecular complexity index is 520. The number of amides is 1. The molecule has 0 atom stereocenters. The van der Waals surface area contributed by atoms with E-state index < -0.39 is 29.2 Å². The maximum atomic E-state index is 13.7. The lowest BCUT2D eigenvalue weighted by atomic mass is 10.1. The summed E-state index contributed by atoms with van der Waals surface area (Å²) in [5.41, 5.74) is -1.02. The van der Waals surface area contributed by atoms with Crippen LogP contribution in [0.5, 0.6) is 0 Å². The van der Waals surface area contributed by atoms with Gasteiger partial charge in [0.25, 0.3) is 0 Å². The van der Waals surface area contributed by atoms with Gasteiger partial charge in [0.2, 0.25) is 0 Å². The summed E-state index contributed by atoms with van der Waals surface area (Å²) in [6.45, 7) is 6.51. The quantitative estimate of drug-likeness (QED) is 0.864. The van der Waals surface area contributed by atoms with Crippen LogP contribution in [0.15, 0.2) is 12.1 Å². The van der Waals surface area contributed by atoms with Crippen molar-refractivity contribution < 1.29 is 23.8 Å². The molecular weight excluding hydrogens is 253 g/mol. The number of rotatable bonds is 2. The number of carboxylic acids is 1. The molecule has 0 aliphatic carbocycles. The van der Waals surface area contributed by atoms with Crippen molar-refractivity contribution in [2.45, 2.75) is 33.3 Å². The molecular formula is C13H16FNO4. The summed E-state index contributed by atoms with van der Waals surface area (Å²) in [4.78, 5) is 22.6. The zero-order valence-electron chi connectivity index (χ0n) is 11.2. The highest BCUT2D eigenvalue weighted by molar-refractivity contribution is 5.99. The molecule has 0 spiro atoms. The Hall–Kier alpha value is -2.11. The second-order valence-electron chi connectivity index (χ2n) is 5.10. The van der Waals surface area contributed by atoms with Crippen molar-refractivity contribution >= 4 is 17.7 Å². The fraction of sp³-hybridized carbons (Fsp3) is 0.385. The van der Waals surface area contributed by atoms with Crippen LogP contribution in [0, 0.1) is 12.7 Å². The van der Waals surface area contributed by atoms with Gasteiger partial charge < -0.3 is 9.84 Å². The number of carboxylic acid groups (broad SMARTS) is 1. The third-order valence-corrected chi connectivity index (χ3v) is 2.09. The zero-order valence-corrected chi connectivity index (χ0v) is 11.2. The Morgan fingerprint density at radius 2 is 1.89 bits per heavy atom. The number of aryl methyl sites for hydroxylation is 1. The van der Waals surface area contributed by atoms with Crippen molar-refractivity contribution in [1.29, 1.82) is 0 Å². The van der Waals surface area contributed by atoms with Gasteiger partial charge in [-0.05, 0) is 45.4 Å². The van der Waals surface area contributed by atoms with Crippen molar-refractivity contribution in [1.82, 2.24) is 0 Å². The summed E-state index contributed by atoms with van der Waals surface area (Å²) in [6, 6.07) is 2.41. The van der Waals surface area contributed by atoms with Crippen molar-refractivity contribution in [2.75, 3.05) is 5.32 Å². The highest BCUT2D eigenvalue weighted by Crippen LogP contribution is 2.23. The van der Waals surface area contributed by atoms with Gasteiger partial charge in [0.15, 0.2) is 0 Å². The molecule has 0 bridgehead atoms. The lowest BCUT2D eigenvalue weighted by molar-refractivity contribution is 0.0635. The number of halogens is 1. The van der Waals surface area contributed by atoms with Gasteiger partial charge in [0, 0.05) is 0 Å². The molecule has 1 rings (SSSR count). The van der Waals surface area contributed by atoms with Gasteiger partial charge in [-0.15, -0.1) is 0 Å². The van der Waals surface area contributed by atoms with E-state index in [4.69, 9.17) is 9.84 Å². The molecule has 0 aliphatic rings. The molecule has 0 aromatic heterocycles. The van der Waals surface area contributed by atoms with E-state index >= 15 is 0 Å². The molecule has 5 nitrogen and oxygen atoms in total. The summed E-state index contributed by atoms with van der Waals surface area (Å²) in [6.07, 6.45) is -0.905. The van der Waals surface area contributed by atoms with Crippen LogP contribution in [-0.2, 0) is 4.74 Å². The Morgan fingerprint density at radius 3 is 2.37 bits per heavy atom. The van der Waals surface area contributed by atoms with E-state index in [9.17, 15) is 14.0 Å². The van der Waals surface area contributed by atoms with Crippen LogP contribution in [0.3, 0.4) is 0 Å². The third kappa shape index (κ3) is 4.24. The summed E-state index contributed by atoms with van der Waals surface area (Å²) in [7, 11) is 0. The highest BCUT2D eigenvalue weighted by atomic mass is 19.1. The second kappa shape index (κ2) is 5.26. The first-order valence-electron chi connectivity index (χ1n) is 5.63. The molecule has 0 saturated carbocycles. The maximum absolute atomic E-state index is 13.7. The molecule has 19 heavy (non-hydrogen) atoms. The lowest BCUT2D eigenvalue weighted by Crippen LogP contribution is -2.28. The van der Waals surface area contributed by atoms with Crippen LogP contribution >= 0.6 is 0 Å². The van der Waals surface area contributed by atoms with E-state index in [0.29, 0.717) is 5.56 Å². The molecule has 0 saturated heterocycles. The van der Waals surface area contributed by atoms with E-state index in [1.165, 1.54) is 6.07 Å².